The van der Waals surface area contributed by atoms with Crippen LogP contribution in [0.1, 0.15) is 30.1 Å². The number of carbonyl (C=O) groups is 2. The standard InChI is InChI=1S/C30H30FN5O3/c1-20-19-35(24-12-10-23(31)11-13-24)16-17-36(20)30(39)22-9-14-25-26(18-22)34-29(32-15-5-8-27(37)38)28(33-25)21-6-3-2-4-7-21/h2-4,6-7,9-14,18,20H,5,8,15-17,19H2,1H3,(H,32,34)(H,37,38). The topological polar surface area (TPSA) is 98.7 Å². The summed E-state index contributed by atoms with van der Waals surface area (Å²) in [5, 5.41) is 12.2. The van der Waals surface area contributed by atoms with E-state index in [0.29, 0.717) is 60.7 Å². The van der Waals surface area contributed by atoms with Gasteiger partial charge in [0.2, 0.25) is 0 Å². The number of amides is 1. The molecule has 0 bridgehead atoms. The average molecular weight is 528 g/mol. The molecule has 1 atom stereocenters. The Kier molecular flexibility index (Phi) is 7.67. The molecule has 8 nitrogen and oxygen atoms in total. The van der Waals surface area contributed by atoms with E-state index in [9.17, 15) is 14.0 Å². The van der Waals surface area contributed by atoms with E-state index < -0.39 is 5.97 Å². The van der Waals surface area contributed by atoms with E-state index in [1.54, 1.807) is 24.3 Å². The van der Waals surface area contributed by atoms with Crippen molar-refractivity contribution in [1.29, 1.82) is 0 Å². The molecule has 9 heteroatoms. The minimum atomic E-state index is -0.847. The molecular formula is C30H30FN5O3. The van der Waals surface area contributed by atoms with E-state index >= 15 is 0 Å². The largest absolute Gasteiger partial charge is 0.481 e. The fraction of sp³-hybridized carbons (Fsp3) is 0.267. The number of nitrogens with one attached hydrogen (secondary N) is 1. The molecule has 200 valence electrons. The number of carboxylic acids is 1. The number of hydrogen-bond acceptors (Lipinski definition) is 6. The molecule has 39 heavy (non-hydrogen) atoms. The lowest BCUT2D eigenvalue weighted by Gasteiger charge is -2.41. The van der Waals surface area contributed by atoms with Crippen molar-refractivity contribution in [2.24, 2.45) is 0 Å². The van der Waals surface area contributed by atoms with E-state index in [0.717, 1.165) is 11.3 Å². The molecule has 1 unspecified atom stereocenters. The monoisotopic (exact) mass is 527 g/mol. The first-order valence-electron chi connectivity index (χ1n) is 13.0. The van der Waals surface area contributed by atoms with E-state index in [4.69, 9.17) is 15.1 Å². The van der Waals surface area contributed by atoms with Crippen molar-refractivity contribution in [1.82, 2.24) is 14.9 Å². The van der Waals surface area contributed by atoms with Crippen LogP contribution in [-0.4, -0.2) is 64.1 Å². The number of halogens is 1. The van der Waals surface area contributed by atoms with E-state index in [-0.39, 0.29) is 24.2 Å². The van der Waals surface area contributed by atoms with Gasteiger partial charge in [-0.3, -0.25) is 9.59 Å². The summed E-state index contributed by atoms with van der Waals surface area (Å²) < 4.78 is 13.3. The van der Waals surface area contributed by atoms with E-state index in [2.05, 4.69) is 10.2 Å². The summed E-state index contributed by atoms with van der Waals surface area (Å²) in [7, 11) is 0. The number of aliphatic carboxylic acids is 1. The van der Waals surface area contributed by atoms with Crippen LogP contribution in [-0.2, 0) is 4.79 Å². The molecule has 0 spiro atoms. The summed E-state index contributed by atoms with van der Waals surface area (Å²) in [5.74, 6) is -0.645. The van der Waals surface area contributed by atoms with Gasteiger partial charge in [-0.15, -0.1) is 0 Å². The third-order valence-corrected chi connectivity index (χ3v) is 6.90. The molecule has 1 fully saturated rings. The van der Waals surface area contributed by atoms with E-state index in [1.165, 1.54) is 12.1 Å². The minimum Gasteiger partial charge on any atom is -0.481 e. The number of fused-ring (bicyclic) bond motifs is 1. The van der Waals surface area contributed by atoms with Crippen molar-refractivity contribution in [2.75, 3.05) is 36.4 Å². The van der Waals surface area contributed by atoms with Crippen LogP contribution in [0.4, 0.5) is 15.9 Å². The number of piperazine rings is 1. The van der Waals surface area contributed by atoms with Gasteiger partial charge in [0, 0.05) is 55.5 Å². The summed E-state index contributed by atoms with van der Waals surface area (Å²) in [6.07, 6.45) is 0.504. The number of aromatic nitrogens is 2. The summed E-state index contributed by atoms with van der Waals surface area (Å²) >= 11 is 0. The zero-order valence-corrected chi connectivity index (χ0v) is 21.7. The van der Waals surface area contributed by atoms with Crippen LogP contribution in [0.25, 0.3) is 22.3 Å². The molecule has 1 aliphatic rings. The zero-order chi connectivity index (χ0) is 27.4. The molecule has 3 aromatic carbocycles. The smallest absolute Gasteiger partial charge is 0.303 e. The van der Waals surface area contributed by atoms with Crippen molar-refractivity contribution >= 4 is 34.4 Å². The van der Waals surface area contributed by atoms with Gasteiger partial charge in [-0.1, -0.05) is 30.3 Å². The zero-order valence-electron chi connectivity index (χ0n) is 21.7. The van der Waals surface area contributed by atoms with Crippen molar-refractivity contribution in [3.63, 3.8) is 0 Å². The van der Waals surface area contributed by atoms with Gasteiger partial charge in [-0.25, -0.2) is 14.4 Å². The maximum Gasteiger partial charge on any atom is 0.303 e. The second kappa shape index (κ2) is 11.5. The molecule has 1 saturated heterocycles. The van der Waals surface area contributed by atoms with Crippen molar-refractivity contribution < 1.29 is 19.1 Å². The Balaban J connectivity index is 1.38. The number of rotatable bonds is 8. The second-order valence-corrected chi connectivity index (χ2v) is 9.68. The van der Waals surface area contributed by atoms with Crippen LogP contribution < -0.4 is 10.2 Å². The molecule has 2 N–H and O–H groups in total. The molecule has 1 amide bonds. The average Bonchev–Trinajstić information content (AvgIpc) is 2.95. The molecule has 0 radical (unpaired) electrons. The van der Waals surface area contributed by atoms with Gasteiger partial charge in [0.25, 0.3) is 5.91 Å². The van der Waals surface area contributed by atoms with Crippen LogP contribution in [0.3, 0.4) is 0 Å². The third-order valence-electron chi connectivity index (χ3n) is 6.90. The Morgan fingerprint density at radius 2 is 1.77 bits per heavy atom. The minimum absolute atomic E-state index is 0.0370. The van der Waals surface area contributed by atoms with Crippen molar-refractivity contribution in [3.05, 3.63) is 84.2 Å². The summed E-state index contributed by atoms with van der Waals surface area (Å²) in [6.45, 7) is 4.29. The maximum atomic E-state index is 13.5. The van der Waals surface area contributed by atoms with Gasteiger partial charge in [-0.05, 0) is 55.8 Å². The Morgan fingerprint density at radius 1 is 1.00 bits per heavy atom. The summed E-state index contributed by atoms with van der Waals surface area (Å²) in [5.41, 5.74) is 4.27. The Morgan fingerprint density at radius 3 is 2.49 bits per heavy atom. The lowest BCUT2D eigenvalue weighted by molar-refractivity contribution is -0.137. The molecule has 5 rings (SSSR count). The molecule has 2 heterocycles. The van der Waals surface area contributed by atoms with Crippen LogP contribution in [0.2, 0.25) is 0 Å². The number of nitrogens with zero attached hydrogens (tertiary/aromatic N) is 4. The summed E-state index contributed by atoms with van der Waals surface area (Å²) in [4.78, 5) is 38.1. The fourth-order valence-electron chi connectivity index (χ4n) is 4.87. The summed E-state index contributed by atoms with van der Waals surface area (Å²) in [6, 6.07) is 21.4. The van der Waals surface area contributed by atoms with Gasteiger partial charge >= 0.3 is 5.97 Å². The molecule has 0 saturated carbocycles. The van der Waals surface area contributed by atoms with Crippen LogP contribution >= 0.6 is 0 Å². The van der Waals surface area contributed by atoms with Gasteiger partial charge in [0.05, 0.1) is 11.0 Å². The molecular weight excluding hydrogens is 497 g/mol. The lowest BCUT2D eigenvalue weighted by atomic mass is 10.1. The molecule has 4 aromatic rings. The number of hydrogen-bond donors (Lipinski definition) is 2. The third kappa shape index (κ3) is 5.98. The first kappa shape index (κ1) is 26.1. The van der Waals surface area contributed by atoms with Crippen LogP contribution in [0.5, 0.6) is 0 Å². The maximum absolute atomic E-state index is 13.5. The van der Waals surface area contributed by atoms with Gasteiger partial charge in [-0.2, -0.15) is 0 Å². The molecule has 0 aliphatic carbocycles. The van der Waals surface area contributed by atoms with Gasteiger partial charge in [0.15, 0.2) is 5.82 Å². The fourth-order valence-corrected chi connectivity index (χ4v) is 4.87. The molecule has 1 aromatic heterocycles. The van der Waals surface area contributed by atoms with Crippen molar-refractivity contribution in [2.45, 2.75) is 25.8 Å². The predicted molar refractivity (Wildman–Crippen MR) is 149 cm³/mol. The number of carboxylic acid groups (broad SMARTS) is 1. The van der Waals surface area contributed by atoms with Gasteiger partial charge in [0.1, 0.15) is 11.5 Å². The van der Waals surface area contributed by atoms with Crippen molar-refractivity contribution in [3.8, 4) is 11.3 Å². The molecule has 1 aliphatic heterocycles. The van der Waals surface area contributed by atoms with Gasteiger partial charge < -0.3 is 20.2 Å². The Hall–Kier alpha value is -4.53. The van der Waals surface area contributed by atoms with Crippen LogP contribution in [0.15, 0.2) is 72.8 Å². The highest BCUT2D eigenvalue weighted by Crippen LogP contribution is 2.28. The quantitative estimate of drug-likeness (QED) is 0.309. The predicted octanol–water partition coefficient (Wildman–Crippen LogP) is 5.06. The SMILES string of the molecule is CC1CN(c2ccc(F)cc2)CCN1C(=O)c1ccc2nc(-c3ccccc3)c(NCCCC(=O)O)nc2c1. The highest BCUT2D eigenvalue weighted by Gasteiger charge is 2.28. The van der Waals surface area contributed by atoms with E-state index in [1.807, 2.05) is 48.2 Å². The first-order chi connectivity index (χ1) is 18.9. The highest BCUT2D eigenvalue weighted by atomic mass is 19.1. The lowest BCUT2D eigenvalue weighted by Crippen LogP contribution is -2.54. The Bertz CT molecular complexity index is 1480. The number of benzene rings is 3. The normalized spacial score (nSPS) is 15.4. The highest BCUT2D eigenvalue weighted by molar-refractivity contribution is 5.98. The first-order valence-corrected chi connectivity index (χ1v) is 13.0. The number of carbonyl (C=O) groups excluding carboxylic acids is 1. The van der Waals surface area contributed by atoms with Crippen LogP contribution in [0, 0.1) is 5.82 Å². The number of anilines is 2. The Labute approximate surface area is 226 Å². The second-order valence-electron chi connectivity index (χ2n) is 9.68.